The Kier molecular flexibility index (Phi) is 4.72. The van der Waals surface area contributed by atoms with Gasteiger partial charge in [0.1, 0.15) is 23.3 Å². The van der Waals surface area contributed by atoms with Crippen molar-refractivity contribution in [2.45, 2.75) is 32.0 Å². The van der Waals surface area contributed by atoms with Gasteiger partial charge in [-0.2, -0.15) is 0 Å². The Morgan fingerprint density at radius 3 is 2.88 bits per heavy atom. The standard InChI is InChI=1S/C19H21FN2O3/c1-13-16(7-4-9-21-13)18(23)22-10-8-17(19(2,24)12-22)25-15-6-3-5-14(20)11-15/h3-7,9,11,17,24H,8,10,12H2,1-2H3/t17-,19-/m0/s1. The summed E-state index contributed by atoms with van der Waals surface area (Å²) in [5.41, 5.74) is -0.0517. The summed E-state index contributed by atoms with van der Waals surface area (Å²) < 4.78 is 19.1. The van der Waals surface area contributed by atoms with E-state index in [1.54, 1.807) is 49.2 Å². The molecule has 1 aromatic heterocycles. The van der Waals surface area contributed by atoms with E-state index in [4.69, 9.17) is 4.74 Å². The molecule has 3 rings (SSSR count). The number of aryl methyl sites for hydroxylation is 1. The van der Waals surface area contributed by atoms with E-state index in [9.17, 15) is 14.3 Å². The highest BCUT2D eigenvalue weighted by atomic mass is 19.1. The Hall–Kier alpha value is -2.47. The van der Waals surface area contributed by atoms with Crippen molar-refractivity contribution in [1.29, 1.82) is 0 Å². The second-order valence-corrected chi connectivity index (χ2v) is 6.57. The Bertz CT molecular complexity index is 779. The molecule has 1 N–H and O–H groups in total. The summed E-state index contributed by atoms with van der Waals surface area (Å²) >= 11 is 0. The molecule has 0 saturated carbocycles. The fraction of sp³-hybridized carbons (Fsp3) is 0.368. The van der Waals surface area contributed by atoms with E-state index in [1.807, 2.05) is 0 Å². The van der Waals surface area contributed by atoms with Crippen LogP contribution >= 0.6 is 0 Å². The first-order chi connectivity index (χ1) is 11.9. The number of β-amino-alcohol motifs (C(OH)–C–C–N with tert-alkyl or cyclic N) is 1. The number of pyridine rings is 1. The van der Waals surface area contributed by atoms with Crippen LogP contribution in [0, 0.1) is 12.7 Å². The fourth-order valence-electron chi connectivity index (χ4n) is 3.10. The van der Waals surface area contributed by atoms with E-state index >= 15 is 0 Å². The van der Waals surface area contributed by atoms with Crippen LogP contribution in [0.15, 0.2) is 42.6 Å². The van der Waals surface area contributed by atoms with Crippen LogP contribution in [0.3, 0.4) is 0 Å². The normalized spacial score (nSPS) is 23.4. The number of likely N-dealkylation sites (tertiary alicyclic amines) is 1. The minimum absolute atomic E-state index is 0.139. The van der Waals surface area contributed by atoms with Crippen molar-refractivity contribution in [3.8, 4) is 5.75 Å². The highest BCUT2D eigenvalue weighted by molar-refractivity contribution is 5.95. The average molecular weight is 344 g/mol. The number of carbonyl (C=O) groups excluding carboxylic acids is 1. The molecule has 0 unspecified atom stereocenters. The van der Waals surface area contributed by atoms with Crippen LogP contribution in [0.4, 0.5) is 4.39 Å². The Morgan fingerprint density at radius 1 is 1.40 bits per heavy atom. The molecule has 2 atom stereocenters. The van der Waals surface area contributed by atoms with Crippen molar-refractivity contribution in [2.24, 2.45) is 0 Å². The average Bonchev–Trinajstić information content (AvgIpc) is 2.56. The maximum Gasteiger partial charge on any atom is 0.255 e. The molecule has 1 saturated heterocycles. The number of aliphatic hydroxyl groups is 1. The maximum absolute atomic E-state index is 13.3. The lowest BCUT2D eigenvalue weighted by Crippen LogP contribution is -2.58. The summed E-state index contributed by atoms with van der Waals surface area (Å²) in [5, 5.41) is 10.8. The summed E-state index contributed by atoms with van der Waals surface area (Å²) in [6.45, 7) is 4.00. The predicted molar refractivity (Wildman–Crippen MR) is 90.9 cm³/mol. The number of benzene rings is 1. The highest BCUT2D eigenvalue weighted by Gasteiger charge is 2.41. The van der Waals surface area contributed by atoms with Gasteiger partial charge in [0.05, 0.1) is 12.1 Å². The third kappa shape index (κ3) is 3.79. The van der Waals surface area contributed by atoms with Gasteiger partial charge in [-0.25, -0.2) is 4.39 Å². The molecule has 2 heterocycles. The molecule has 0 spiro atoms. The first-order valence-electron chi connectivity index (χ1n) is 8.22. The zero-order valence-corrected chi connectivity index (χ0v) is 14.3. The van der Waals surface area contributed by atoms with Crippen LogP contribution in [-0.4, -0.2) is 45.7 Å². The van der Waals surface area contributed by atoms with Gasteiger partial charge >= 0.3 is 0 Å². The Morgan fingerprint density at radius 2 is 2.20 bits per heavy atom. The molecule has 1 aliphatic heterocycles. The van der Waals surface area contributed by atoms with Gasteiger partial charge in [0.25, 0.3) is 5.91 Å². The van der Waals surface area contributed by atoms with E-state index in [-0.39, 0.29) is 12.5 Å². The molecule has 0 aliphatic carbocycles. The number of hydrogen-bond donors (Lipinski definition) is 1. The van der Waals surface area contributed by atoms with Crippen molar-refractivity contribution >= 4 is 5.91 Å². The molecule has 5 nitrogen and oxygen atoms in total. The summed E-state index contributed by atoms with van der Waals surface area (Å²) in [5.74, 6) is -0.181. The van der Waals surface area contributed by atoms with Crippen molar-refractivity contribution < 1.29 is 19.0 Å². The van der Waals surface area contributed by atoms with Gasteiger partial charge in [0.2, 0.25) is 0 Å². The van der Waals surface area contributed by atoms with E-state index in [1.165, 1.54) is 12.1 Å². The Balaban J connectivity index is 1.72. The minimum Gasteiger partial charge on any atom is -0.487 e. The van der Waals surface area contributed by atoms with Crippen molar-refractivity contribution in [3.63, 3.8) is 0 Å². The summed E-state index contributed by atoms with van der Waals surface area (Å²) in [7, 11) is 0. The van der Waals surface area contributed by atoms with Crippen molar-refractivity contribution in [3.05, 3.63) is 59.7 Å². The summed E-state index contributed by atoms with van der Waals surface area (Å²) in [6.07, 6.45) is 1.57. The molecule has 0 radical (unpaired) electrons. The first kappa shape index (κ1) is 17.4. The Labute approximate surface area is 146 Å². The van der Waals surface area contributed by atoms with Crippen LogP contribution < -0.4 is 4.74 Å². The molecule has 1 amide bonds. The van der Waals surface area contributed by atoms with Gasteiger partial charge in [-0.05, 0) is 38.1 Å². The molecule has 6 heteroatoms. The van der Waals surface area contributed by atoms with Gasteiger partial charge in [-0.15, -0.1) is 0 Å². The lowest BCUT2D eigenvalue weighted by atomic mass is 9.91. The largest absolute Gasteiger partial charge is 0.487 e. The number of halogens is 1. The molecule has 25 heavy (non-hydrogen) atoms. The zero-order chi connectivity index (χ0) is 18.0. The van der Waals surface area contributed by atoms with Gasteiger partial charge < -0.3 is 14.7 Å². The second kappa shape index (κ2) is 6.80. The molecular weight excluding hydrogens is 323 g/mol. The number of piperidine rings is 1. The van der Waals surface area contributed by atoms with Crippen LogP contribution in [0.25, 0.3) is 0 Å². The minimum atomic E-state index is -1.24. The molecule has 1 fully saturated rings. The fourth-order valence-corrected chi connectivity index (χ4v) is 3.10. The zero-order valence-electron chi connectivity index (χ0n) is 14.3. The number of hydrogen-bond acceptors (Lipinski definition) is 4. The number of amides is 1. The van der Waals surface area contributed by atoms with Crippen LogP contribution in [0.5, 0.6) is 5.75 Å². The van der Waals surface area contributed by atoms with Crippen LogP contribution in [0.2, 0.25) is 0 Å². The lowest BCUT2D eigenvalue weighted by Gasteiger charge is -2.42. The molecular formula is C19H21FN2O3. The predicted octanol–water partition coefficient (Wildman–Crippen LogP) is 2.57. The molecule has 132 valence electrons. The number of rotatable bonds is 3. The highest BCUT2D eigenvalue weighted by Crippen LogP contribution is 2.27. The quantitative estimate of drug-likeness (QED) is 0.930. The molecule has 0 bridgehead atoms. The first-order valence-corrected chi connectivity index (χ1v) is 8.22. The van der Waals surface area contributed by atoms with E-state index in [2.05, 4.69) is 4.98 Å². The third-order valence-electron chi connectivity index (χ3n) is 4.46. The third-order valence-corrected chi connectivity index (χ3v) is 4.46. The van der Waals surface area contributed by atoms with Crippen LogP contribution in [0.1, 0.15) is 29.4 Å². The summed E-state index contributed by atoms with van der Waals surface area (Å²) in [4.78, 5) is 18.4. The van der Waals surface area contributed by atoms with E-state index in [0.29, 0.717) is 30.0 Å². The van der Waals surface area contributed by atoms with Crippen LogP contribution in [-0.2, 0) is 0 Å². The maximum atomic E-state index is 13.3. The molecule has 1 aromatic carbocycles. The van der Waals surface area contributed by atoms with Gasteiger partial charge in [-0.3, -0.25) is 9.78 Å². The SMILES string of the molecule is Cc1ncccc1C(=O)N1CC[C@H](Oc2cccc(F)c2)[C@@](C)(O)C1. The van der Waals surface area contributed by atoms with Gasteiger partial charge in [0.15, 0.2) is 0 Å². The second-order valence-electron chi connectivity index (χ2n) is 6.57. The lowest BCUT2D eigenvalue weighted by molar-refractivity contribution is -0.0900. The van der Waals surface area contributed by atoms with Gasteiger partial charge in [0, 0.05) is 30.9 Å². The number of nitrogens with zero attached hydrogens (tertiary/aromatic N) is 2. The number of carbonyl (C=O) groups is 1. The van der Waals surface area contributed by atoms with Gasteiger partial charge in [-0.1, -0.05) is 6.07 Å². The smallest absolute Gasteiger partial charge is 0.255 e. The van der Waals surface area contributed by atoms with Crippen molar-refractivity contribution in [2.75, 3.05) is 13.1 Å². The number of aromatic nitrogens is 1. The number of ether oxygens (including phenoxy) is 1. The van der Waals surface area contributed by atoms with E-state index in [0.717, 1.165) is 0 Å². The van der Waals surface area contributed by atoms with E-state index < -0.39 is 17.5 Å². The monoisotopic (exact) mass is 344 g/mol. The topological polar surface area (TPSA) is 62.7 Å². The van der Waals surface area contributed by atoms with Crippen molar-refractivity contribution in [1.82, 2.24) is 9.88 Å². The molecule has 1 aliphatic rings. The summed E-state index contributed by atoms with van der Waals surface area (Å²) in [6, 6.07) is 9.28. The molecule has 2 aromatic rings.